The Kier molecular flexibility index (Phi) is 3.94. The van der Waals surface area contributed by atoms with Gasteiger partial charge in [0.1, 0.15) is 6.61 Å². The maximum absolute atomic E-state index is 13.6. The number of hydrogen-bond acceptors (Lipinski definition) is 2. The first-order valence-electron chi connectivity index (χ1n) is 5.18. The molecule has 94 valence electrons. The van der Waals surface area contributed by atoms with Gasteiger partial charge in [0.05, 0.1) is 5.69 Å². The molecule has 5 heteroatoms. The van der Waals surface area contributed by atoms with Crippen molar-refractivity contribution >= 4 is 28.9 Å². The number of nitrogen functional groups attached to an aromatic ring is 1. The van der Waals surface area contributed by atoms with E-state index in [0.29, 0.717) is 5.02 Å². The average molecular weight is 286 g/mol. The number of anilines is 1. The van der Waals surface area contributed by atoms with Crippen LogP contribution >= 0.6 is 23.2 Å². The van der Waals surface area contributed by atoms with Crippen LogP contribution in [-0.4, -0.2) is 0 Å². The van der Waals surface area contributed by atoms with Crippen LogP contribution in [0.1, 0.15) is 5.56 Å². The highest BCUT2D eigenvalue weighted by Crippen LogP contribution is 2.29. The van der Waals surface area contributed by atoms with Crippen molar-refractivity contribution in [3.8, 4) is 5.75 Å². The van der Waals surface area contributed by atoms with Gasteiger partial charge in [0, 0.05) is 10.0 Å². The van der Waals surface area contributed by atoms with E-state index < -0.39 is 5.82 Å². The van der Waals surface area contributed by atoms with E-state index >= 15 is 0 Å². The molecule has 0 radical (unpaired) electrons. The number of halogens is 3. The summed E-state index contributed by atoms with van der Waals surface area (Å²) in [5, 5.41) is 0.834. The SMILES string of the molecule is Nc1cc(Cl)cc(F)c1OCc1cccc(Cl)c1. The van der Waals surface area contributed by atoms with Crippen molar-refractivity contribution in [1.29, 1.82) is 0 Å². The molecular weight excluding hydrogens is 276 g/mol. The molecule has 0 atom stereocenters. The molecule has 2 rings (SSSR count). The molecule has 0 spiro atoms. The van der Waals surface area contributed by atoms with E-state index in [1.54, 1.807) is 18.2 Å². The Bertz CT molecular complexity index is 552. The van der Waals surface area contributed by atoms with Gasteiger partial charge < -0.3 is 10.5 Å². The smallest absolute Gasteiger partial charge is 0.178 e. The van der Waals surface area contributed by atoms with Gasteiger partial charge in [-0.1, -0.05) is 35.3 Å². The van der Waals surface area contributed by atoms with E-state index in [0.717, 1.165) is 11.6 Å². The van der Waals surface area contributed by atoms with Gasteiger partial charge in [0.15, 0.2) is 11.6 Å². The van der Waals surface area contributed by atoms with E-state index in [4.69, 9.17) is 33.7 Å². The lowest BCUT2D eigenvalue weighted by molar-refractivity contribution is 0.292. The minimum atomic E-state index is -0.581. The number of benzene rings is 2. The van der Waals surface area contributed by atoms with Crippen molar-refractivity contribution in [3.63, 3.8) is 0 Å². The van der Waals surface area contributed by atoms with Crippen LogP contribution in [0.2, 0.25) is 10.0 Å². The zero-order valence-corrected chi connectivity index (χ0v) is 10.8. The highest BCUT2D eigenvalue weighted by atomic mass is 35.5. The van der Waals surface area contributed by atoms with Gasteiger partial charge in [-0.25, -0.2) is 4.39 Å². The lowest BCUT2D eigenvalue weighted by Crippen LogP contribution is -2.01. The van der Waals surface area contributed by atoms with Crippen molar-refractivity contribution in [3.05, 3.63) is 57.8 Å². The predicted octanol–water partition coefficient (Wildman–Crippen LogP) is 4.29. The first-order valence-corrected chi connectivity index (χ1v) is 5.93. The first-order chi connectivity index (χ1) is 8.56. The zero-order valence-electron chi connectivity index (χ0n) is 9.29. The average Bonchev–Trinajstić information content (AvgIpc) is 2.27. The minimum Gasteiger partial charge on any atom is -0.484 e. The molecule has 0 heterocycles. The lowest BCUT2D eigenvalue weighted by Gasteiger charge is -2.10. The van der Waals surface area contributed by atoms with Crippen molar-refractivity contribution in [2.24, 2.45) is 0 Å². The monoisotopic (exact) mass is 285 g/mol. The fourth-order valence-electron chi connectivity index (χ4n) is 1.51. The molecule has 2 aromatic carbocycles. The highest BCUT2D eigenvalue weighted by molar-refractivity contribution is 6.31. The van der Waals surface area contributed by atoms with Crippen LogP contribution < -0.4 is 10.5 Å². The molecule has 0 aliphatic heterocycles. The fourth-order valence-corrected chi connectivity index (χ4v) is 1.94. The van der Waals surface area contributed by atoms with E-state index in [-0.39, 0.29) is 23.1 Å². The Morgan fingerprint density at radius 1 is 1.11 bits per heavy atom. The van der Waals surface area contributed by atoms with Crippen LogP contribution in [0.5, 0.6) is 5.75 Å². The van der Waals surface area contributed by atoms with Crippen LogP contribution in [-0.2, 0) is 6.61 Å². The summed E-state index contributed by atoms with van der Waals surface area (Å²) < 4.78 is 18.9. The van der Waals surface area contributed by atoms with Gasteiger partial charge in [-0.2, -0.15) is 0 Å². The molecule has 0 unspecified atom stereocenters. The molecule has 0 saturated heterocycles. The number of rotatable bonds is 3. The molecule has 0 aliphatic carbocycles. The second kappa shape index (κ2) is 5.46. The van der Waals surface area contributed by atoms with Crippen molar-refractivity contribution in [2.75, 3.05) is 5.73 Å². The van der Waals surface area contributed by atoms with E-state index in [9.17, 15) is 4.39 Å². The third kappa shape index (κ3) is 3.06. The summed E-state index contributed by atoms with van der Waals surface area (Å²) in [6.07, 6.45) is 0. The largest absolute Gasteiger partial charge is 0.484 e. The summed E-state index contributed by atoms with van der Waals surface area (Å²) >= 11 is 11.5. The number of hydrogen-bond donors (Lipinski definition) is 1. The Balaban J connectivity index is 2.16. The van der Waals surface area contributed by atoms with E-state index in [1.165, 1.54) is 6.07 Å². The number of ether oxygens (including phenoxy) is 1. The maximum Gasteiger partial charge on any atom is 0.178 e. The molecule has 2 nitrogen and oxygen atoms in total. The number of nitrogens with two attached hydrogens (primary N) is 1. The molecule has 0 aromatic heterocycles. The molecule has 0 amide bonds. The lowest BCUT2D eigenvalue weighted by atomic mass is 10.2. The van der Waals surface area contributed by atoms with Gasteiger partial charge in [-0.3, -0.25) is 0 Å². The van der Waals surface area contributed by atoms with Crippen LogP contribution in [0.4, 0.5) is 10.1 Å². The van der Waals surface area contributed by atoms with Gasteiger partial charge in [-0.05, 0) is 29.8 Å². The van der Waals surface area contributed by atoms with Crippen LogP contribution in [0, 0.1) is 5.82 Å². The summed E-state index contributed by atoms with van der Waals surface area (Å²) in [6, 6.07) is 9.72. The molecule has 2 aromatic rings. The fraction of sp³-hybridized carbons (Fsp3) is 0.0769. The van der Waals surface area contributed by atoms with Gasteiger partial charge in [0.2, 0.25) is 0 Å². The van der Waals surface area contributed by atoms with E-state index in [2.05, 4.69) is 0 Å². The summed E-state index contributed by atoms with van der Waals surface area (Å²) in [7, 11) is 0. The van der Waals surface area contributed by atoms with Gasteiger partial charge in [-0.15, -0.1) is 0 Å². The van der Waals surface area contributed by atoms with Gasteiger partial charge >= 0.3 is 0 Å². The Hall–Kier alpha value is -1.45. The second-order valence-electron chi connectivity index (χ2n) is 3.72. The predicted molar refractivity (Wildman–Crippen MR) is 71.6 cm³/mol. The first kappa shape index (κ1) is 13.0. The van der Waals surface area contributed by atoms with Crippen LogP contribution in [0.3, 0.4) is 0 Å². The third-order valence-corrected chi connectivity index (χ3v) is 2.76. The zero-order chi connectivity index (χ0) is 13.1. The van der Waals surface area contributed by atoms with Crippen molar-refractivity contribution in [2.45, 2.75) is 6.61 Å². The molecule has 18 heavy (non-hydrogen) atoms. The maximum atomic E-state index is 13.6. The van der Waals surface area contributed by atoms with Crippen molar-refractivity contribution in [1.82, 2.24) is 0 Å². The van der Waals surface area contributed by atoms with Crippen LogP contribution in [0.15, 0.2) is 36.4 Å². The van der Waals surface area contributed by atoms with E-state index in [1.807, 2.05) is 6.07 Å². The summed E-state index contributed by atoms with van der Waals surface area (Å²) in [4.78, 5) is 0. The molecule has 0 fully saturated rings. The second-order valence-corrected chi connectivity index (χ2v) is 4.60. The van der Waals surface area contributed by atoms with Crippen LogP contribution in [0.25, 0.3) is 0 Å². The van der Waals surface area contributed by atoms with Gasteiger partial charge in [0.25, 0.3) is 0 Å². The molecule has 2 N–H and O–H groups in total. The molecule has 0 bridgehead atoms. The standard InChI is InChI=1S/C13H10Cl2FNO/c14-9-3-1-2-8(4-9)7-18-13-11(16)5-10(15)6-12(13)17/h1-6H,7,17H2. The molecule has 0 saturated carbocycles. The molecular formula is C13H10Cl2FNO. The Morgan fingerprint density at radius 2 is 1.89 bits per heavy atom. The Labute approximate surface area is 114 Å². The summed E-state index contributed by atoms with van der Waals surface area (Å²) in [6.45, 7) is 0.184. The quantitative estimate of drug-likeness (QED) is 0.854. The highest BCUT2D eigenvalue weighted by Gasteiger charge is 2.10. The third-order valence-electron chi connectivity index (χ3n) is 2.31. The Morgan fingerprint density at radius 3 is 2.56 bits per heavy atom. The normalized spacial score (nSPS) is 10.4. The topological polar surface area (TPSA) is 35.2 Å². The minimum absolute atomic E-state index is 0.000578. The summed E-state index contributed by atoms with van der Waals surface area (Å²) in [5.41, 5.74) is 6.64. The van der Waals surface area contributed by atoms with Crippen molar-refractivity contribution < 1.29 is 9.13 Å². The summed E-state index contributed by atoms with van der Waals surface area (Å²) in [5.74, 6) is -0.582. The molecule has 0 aliphatic rings.